The van der Waals surface area contributed by atoms with Gasteiger partial charge in [-0.15, -0.1) is 0 Å². The first kappa shape index (κ1) is 15.0. The predicted molar refractivity (Wildman–Crippen MR) is 80.2 cm³/mol. The Morgan fingerprint density at radius 1 is 1.35 bits per heavy atom. The zero-order chi connectivity index (χ0) is 14.6. The van der Waals surface area contributed by atoms with Crippen LogP contribution in [0, 0.1) is 16.7 Å². The predicted octanol–water partition coefficient (Wildman–Crippen LogP) is 2.91. The summed E-state index contributed by atoms with van der Waals surface area (Å²) in [5.74, 6) is 0. The standard InChI is InChI=1S/C17H24N2O/c1-17(2,13-18)9-10-19(11-12-20)16-8-7-14-5-3-4-6-15(14)16/h3-6,16,20H,7-12H2,1-2H3. The molecule has 2 rings (SSSR count). The summed E-state index contributed by atoms with van der Waals surface area (Å²) in [6.45, 7) is 5.67. The van der Waals surface area contributed by atoms with Gasteiger partial charge in [0.1, 0.15) is 0 Å². The van der Waals surface area contributed by atoms with E-state index in [1.54, 1.807) is 0 Å². The molecular weight excluding hydrogens is 248 g/mol. The Morgan fingerprint density at radius 3 is 2.80 bits per heavy atom. The lowest BCUT2D eigenvalue weighted by atomic mass is 9.91. The molecule has 3 heteroatoms. The number of aliphatic hydroxyl groups is 1. The molecule has 0 fully saturated rings. The summed E-state index contributed by atoms with van der Waals surface area (Å²) < 4.78 is 0. The SMILES string of the molecule is CC(C)(C#N)CCN(CCO)C1CCc2ccccc21. The third-order valence-corrected chi connectivity index (χ3v) is 4.26. The Kier molecular flexibility index (Phi) is 4.80. The number of hydrogen-bond donors (Lipinski definition) is 1. The smallest absolute Gasteiger partial charge is 0.0684 e. The molecule has 0 radical (unpaired) electrons. The van der Waals surface area contributed by atoms with Gasteiger partial charge < -0.3 is 5.11 Å². The van der Waals surface area contributed by atoms with Crippen LogP contribution in [0.4, 0.5) is 0 Å². The second kappa shape index (κ2) is 6.39. The van der Waals surface area contributed by atoms with Gasteiger partial charge in [0, 0.05) is 19.1 Å². The second-order valence-corrected chi connectivity index (χ2v) is 6.26. The van der Waals surface area contributed by atoms with Crippen molar-refractivity contribution in [3.63, 3.8) is 0 Å². The first-order valence-electron chi connectivity index (χ1n) is 7.41. The molecule has 1 N–H and O–H groups in total. The average molecular weight is 272 g/mol. The molecule has 108 valence electrons. The summed E-state index contributed by atoms with van der Waals surface area (Å²) in [6, 6.07) is 11.3. The lowest BCUT2D eigenvalue weighted by Gasteiger charge is -2.31. The summed E-state index contributed by atoms with van der Waals surface area (Å²) in [6.07, 6.45) is 3.07. The zero-order valence-electron chi connectivity index (χ0n) is 12.5. The fourth-order valence-electron chi connectivity index (χ4n) is 2.94. The Bertz CT molecular complexity index is 490. The largest absolute Gasteiger partial charge is 0.395 e. The first-order chi connectivity index (χ1) is 9.57. The quantitative estimate of drug-likeness (QED) is 0.866. The van der Waals surface area contributed by atoms with E-state index in [-0.39, 0.29) is 12.0 Å². The Morgan fingerprint density at radius 2 is 2.10 bits per heavy atom. The van der Waals surface area contributed by atoms with Gasteiger partial charge in [0.15, 0.2) is 0 Å². The molecule has 0 saturated heterocycles. The van der Waals surface area contributed by atoms with Gasteiger partial charge >= 0.3 is 0 Å². The van der Waals surface area contributed by atoms with Crippen molar-refractivity contribution in [3.05, 3.63) is 35.4 Å². The molecule has 0 heterocycles. The van der Waals surface area contributed by atoms with Crippen LogP contribution in [0.2, 0.25) is 0 Å². The molecule has 0 aliphatic heterocycles. The molecule has 1 aliphatic rings. The third-order valence-electron chi connectivity index (χ3n) is 4.26. The van der Waals surface area contributed by atoms with Crippen molar-refractivity contribution < 1.29 is 5.11 Å². The van der Waals surface area contributed by atoms with Crippen molar-refractivity contribution in [2.75, 3.05) is 19.7 Å². The van der Waals surface area contributed by atoms with Gasteiger partial charge in [0.2, 0.25) is 0 Å². The van der Waals surface area contributed by atoms with E-state index < -0.39 is 0 Å². The van der Waals surface area contributed by atoms with Crippen molar-refractivity contribution in [1.29, 1.82) is 5.26 Å². The molecule has 1 aliphatic carbocycles. The number of rotatable bonds is 6. The summed E-state index contributed by atoms with van der Waals surface area (Å²) in [5.41, 5.74) is 2.53. The van der Waals surface area contributed by atoms with Crippen molar-refractivity contribution in [1.82, 2.24) is 4.90 Å². The van der Waals surface area contributed by atoms with E-state index in [0.29, 0.717) is 12.6 Å². The Hall–Kier alpha value is -1.37. The highest BCUT2D eigenvalue weighted by atomic mass is 16.3. The number of aliphatic hydroxyl groups excluding tert-OH is 1. The summed E-state index contributed by atoms with van der Waals surface area (Å²) >= 11 is 0. The monoisotopic (exact) mass is 272 g/mol. The van der Waals surface area contributed by atoms with Crippen molar-refractivity contribution in [2.24, 2.45) is 5.41 Å². The molecule has 1 atom stereocenters. The molecular formula is C17H24N2O. The van der Waals surface area contributed by atoms with Crippen LogP contribution in [0.15, 0.2) is 24.3 Å². The normalized spacial score (nSPS) is 18.1. The Balaban J connectivity index is 2.09. The van der Waals surface area contributed by atoms with Gasteiger partial charge in [-0.05, 0) is 44.2 Å². The summed E-state index contributed by atoms with van der Waals surface area (Å²) in [5, 5.41) is 18.5. The van der Waals surface area contributed by atoms with Gasteiger partial charge in [-0.2, -0.15) is 5.26 Å². The second-order valence-electron chi connectivity index (χ2n) is 6.26. The maximum absolute atomic E-state index is 9.32. The molecule has 0 saturated carbocycles. The van der Waals surface area contributed by atoms with E-state index in [2.05, 4.69) is 35.2 Å². The molecule has 0 spiro atoms. The van der Waals surface area contributed by atoms with Gasteiger partial charge in [-0.1, -0.05) is 24.3 Å². The Labute approximate surface area is 121 Å². The van der Waals surface area contributed by atoms with Crippen LogP contribution in [0.25, 0.3) is 0 Å². The highest BCUT2D eigenvalue weighted by Crippen LogP contribution is 2.36. The van der Waals surface area contributed by atoms with Gasteiger partial charge in [0.25, 0.3) is 0 Å². The maximum Gasteiger partial charge on any atom is 0.0684 e. The number of fused-ring (bicyclic) bond motifs is 1. The minimum Gasteiger partial charge on any atom is -0.395 e. The number of nitriles is 1. The zero-order valence-corrected chi connectivity index (χ0v) is 12.5. The molecule has 0 aromatic heterocycles. The average Bonchev–Trinajstić information content (AvgIpc) is 2.87. The fraction of sp³-hybridized carbons (Fsp3) is 0.588. The third kappa shape index (κ3) is 3.39. The molecule has 1 aromatic carbocycles. The van der Waals surface area contributed by atoms with Crippen LogP contribution >= 0.6 is 0 Å². The lowest BCUT2D eigenvalue weighted by molar-refractivity contribution is 0.138. The molecule has 0 amide bonds. The number of aryl methyl sites for hydroxylation is 1. The van der Waals surface area contributed by atoms with E-state index in [1.165, 1.54) is 11.1 Å². The first-order valence-corrected chi connectivity index (χ1v) is 7.41. The van der Waals surface area contributed by atoms with Crippen LogP contribution in [-0.4, -0.2) is 29.7 Å². The molecule has 1 unspecified atom stereocenters. The minimum absolute atomic E-state index is 0.172. The maximum atomic E-state index is 9.32. The van der Waals surface area contributed by atoms with Crippen LogP contribution in [0.1, 0.15) is 43.9 Å². The van der Waals surface area contributed by atoms with E-state index in [0.717, 1.165) is 25.8 Å². The van der Waals surface area contributed by atoms with Crippen LogP contribution < -0.4 is 0 Å². The van der Waals surface area contributed by atoms with Crippen molar-refractivity contribution in [2.45, 2.75) is 39.2 Å². The van der Waals surface area contributed by atoms with E-state index in [9.17, 15) is 5.11 Å². The van der Waals surface area contributed by atoms with E-state index in [1.807, 2.05) is 13.8 Å². The molecule has 3 nitrogen and oxygen atoms in total. The topological polar surface area (TPSA) is 47.3 Å². The van der Waals surface area contributed by atoms with Gasteiger partial charge in [0.05, 0.1) is 18.1 Å². The van der Waals surface area contributed by atoms with Crippen LogP contribution in [0.3, 0.4) is 0 Å². The number of benzene rings is 1. The van der Waals surface area contributed by atoms with Gasteiger partial charge in [-0.3, -0.25) is 4.90 Å². The van der Waals surface area contributed by atoms with Crippen LogP contribution in [0.5, 0.6) is 0 Å². The van der Waals surface area contributed by atoms with Crippen molar-refractivity contribution >= 4 is 0 Å². The van der Waals surface area contributed by atoms with E-state index >= 15 is 0 Å². The van der Waals surface area contributed by atoms with Gasteiger partial charge in [-0.25, -0.2) is 0 Å². The number of nitrogens with zero attached hydrogens (tertiary/aromatic N) is 2. The lowest BCUT2D eigenvalue weighted by Crippen LogP contribution is -2.33. The molecule has 20 heavy (non-hydrogen) atoms. The highest BCUT2D eigenvalue weighted by molar-refractivity contribution is 5.34. The fourth-order valence-corrected chi connectivity index (χ4v) is 2.94. The van der Waals surface area contributed by atoms with E-state index in [4.69, 9.17) is 5.26 Å². The summed E-state index contributed by atoms with van der Waals surface area (Å²) in [7, 11) is 0. The van der Waals surface area contributed by atoms with Crippen LogP contribution in [-0.2, 0) is 6.42 Å². The molecule has 1 aromatic rings. The molecule has 0 bridgehead atoms. The number of hydrogen-bond acceptors (Lipinski definition) is 3. The summed E-state index contributed by atoms with van der Waals surface area (Å²) in [4.78, 5) is 2.34. The minimum atomic E-state index is -0.300. The highest BCUT2D eigenvalue weighted by Gasteiger charge is 2.28. The van der Waals surface area contributed by atoms with Crippen molar-refractivity contribution in [3.8, 4) is 6.07 Å².